The van der Waals surface area contributed by atoms with Gasteiger partial charge in [-0.2, -0.15) is 0 Å². The molecule has 2 aromatic rings. The Labute approximate surface area is 209 Å². The second-order valence-electron chi connectivity index (χ2n) is 10.6. The average molecular weight is 518 g/mol. The molecule has 2 atom stereocenters. The molecule has 2 bridgehead atoms. The van der Waals surface area contributed by atoms with Gasteiger partial charge in [-0.3, -0.25) is 0 Å². The number of ether oxygens (including phenoxy) is 1. The number of nitrogens with one attached hydrogen (secondary N) is 1. The van der Waals surface area contributed by atoms with E-state index in [0.29, 0.717) is 35.5 Å². The number of carbonyl (C=O) groups is 1. The Kier molecular flexibility index (Phi) is 5.35. The van der Waals surface area contributed by atoms with Crippen molar-refractivity contribution in [2.45, 2.75) is 49.2 Å². The lowest BCUT2D eigenvalue weighted by molar-refractivity contribution is 0.146. The first-order valence-corrected chi connectivity index (χ1v) is 13.8. The first kappa shape index (κ1) is 23.7. The van der Waals surface area contributed by atoms with Crippen LogP contribution in [0.3, 0.4) is 0 Å². The highest BCUT2D eigenvalue weighted by atomic mass is 32.2. The van der Waals surface area contributed by atoms with Crippen LogP contribution in [0.1, 0.15) is 31.2 Å². The third-order valence-electron chi connectivity index (χ3n) is 8.17. The van der Waals surface area contributed by atoms with Crippen LogP contribution in [0.4, 0.5) is 13.6 Å². The summed E-state index contributed by atoms with van der Waals surface area (Å²) in [5.74, 6) is 0.0884. The molecule has 2 aliphatic heterocycles. The number of carbonyl (C=O) groups excluding carboxylic acids is 1. The molecule has 2 heterocycles. The molecule has 4 aliphatic rings. The maximum absolute atomic E-state index is 16.0. The quantitative estimate of drug-likeness (QED) is 0.674. The zero-order valence-corrected chi connectivity index (χ0v) is 20.9. The molecule has 2 aliphatic carbocycles. The van der Waals surface area contributed by atoms with Crippen molar-refractivity contribution in [3.63, 3.8) is 0 Å². The van der Waals surface area contributed by atoms with Crippen molar-refractivity contribution in [3.05, 3.63) is 53.8 Å². The predicted octanol–water partition coefficient (Wildman–Crippen LogP) is 3.69. The van der Waals surface area contributed by atoms with Crippen molar-refractivity contribution < 1.29 is 26.7 Å². The number of fused-ring (bicyclic) bond motifs is 5. The lowest BCUT2D eigenvalue weighted by Gasteiger charge is -2.32. The third kappa shape index (κ3) is 3.76. The number of para-hydroxylation sites is 1. The lowest BCUT2D eigenvalue weighted by Crippen LogP contribution is -2.53. The maximum atomic E-state index is 16.0. The van der Waals surface area contributed by atoms with Gasteiger partial charge in [-0.1, -0.05) is 36.4 Å². The fraction of sp³-hybridized carbons (Fsp3) is 0.500. The number of nitrogens with zero attached hydrogens (tertiary/aromatic N) is 2. The highest BCUT2D eigenvalue weighted by Gasteiger charge is 2.64. The van der Waals surface area contributed by atoms with Crippen LogP contribution in [0, 0.1) is 11.2 Å². The van der Waals surface area contributed by atoms with Gasteiger partial charge in [0.15, 0.2) is 0 Å². The molecule has 0 radical (unpaired) electrons. The Morgan fingerprint density at radius 1 is 1.06 bits per heavy atom. The summed E-state index contributed by atoms with van der Waals surface area (Å²) in [6.45, 7) is 0.855. The maximum Gasteiger partial charge on any atom is 0.320 e. The number of alkyl halides is 1. The molecule has 1 saturated heterocycles. The van der Waals surface area contributed by atoms with E-state index >= 15 is 4.39 Å². The molecule has 1 spiro atoms. The first-order chi connectivity index (χ1) is 17.1. The molecule has 10 heteroatoms. The molecular weight excluding hydrogens is 488 g/mol. The van der Waals surface area contributed by atoms with E-state index in [1.807, 2.05) is 12.1 Å². The Morgan fingerprint density at radius 3 is 2.50 bits per heavy atom. The first-order valence-electron chi connectivity index (χ1n) is 12.4. The number of halogens is 2. The molecule has 2 aromatic carbocycles. The fourth-order valence-electron chi connectivity index (χ4n) is 5.65. The molecule has 3 fully saturated rings. The van der Waals surface area contributed by atoms with E-state index < -0.39 is 38.3 Å². The summed E-state index contributed by atoms with van der Waals surface area (Å²) in [4.78, 5) is 16.8. The van der Waals surface area contributed by atoms with Crippen molar-refractivity contribution in [1.82, 2.24) is 14.5 Å². The summed E-state index contributed by atoms with van der Waals surface area (Å²) in [6.07, 6.45) is 1.49. The van der Waals surface area contributed by atoms with Gasteiger partial charge in [-0.25, -0.2) is 26.7 Å². The number of hydrogen-bond acceptors (Lipinski definition) is 4. The number of sulfonamides is 1. The van der Waals surface area contributed by atoms with Crippen molar-refractivity contribution in [2.75, 3.05) is 26.7 Å². The minimum atomic E-state index is -4.24. The summed E-state index contributed by atoms with van der Waals surface area (Å²) in [5, 5.41) is -2.26. The largest absolute Gasteiger partial charge is 0.491 e. The van der Waals surface area contributed by atoms with E-state index in [4.69, 9.17) is 4.74 Å². The SMILES string of the molecule is CN1CCOc2ccccc2-c2cccc(c2F)CC2C(NS(=O)(=O)C3(F)CC3)C3(CC3)CN2C1=O. The second-order valence-corrected chi connectivity index (χ2v) is 12.5. The number of benzene rings is 2. The zero-order valence-electron chi connectivity index (χ0n) is 20.0. The van der Waals surface area contributed by atoms with E-state index in [1.165, 1.54) is 0 Å². The molecule has 36 heavy (non-hydrogen) atoms. The van der Waals surface area contributed by atoms with Gasteiger partial charge < -0.3 is 14.5 Å². The smallest absolute Gasteiger partial charge is 0.320 e. The van der Waals surface area contributed by atoms with Crippen LogP contribution < -0.4 is 9.46 Å². The predicted molar refractivity (Wildman–Crippen MR) is 130 cm³/mol. The van der Waals surface area contributed by atoms with Crippen molar-refractivity contribution in [1.29, 1.82) is 0 Å². The Hall–Kier alpha value is -2.72. The average Bonchev–Trinajstić information content (AvgIpc) is 3.77. The summed E-state index contributed by atoms with van der Waals surface area (Å²) in [6, 6.07) is 10.7. The van der Waals surface area contributed by atoms with Crippen molar-refractivity contribution in [2.24, 2.45) is 5.41 Å². The third-order valence-corrected chi connectivity index (χ3v) is 10.1. The molecule has 2 saturated carbocycles. The second kappa shape index (κ2) is 8.14. The topological polar surface area (TPSA) is 79.0 Å². The highest BCUT2D eigenvalue weighted by molar-refractivity contribution is 7.91. The number of hydrogen-bond donors (Lipinski definition) is 1. The van der Waals surface area contributed by atoms with Crippen LogP contribution in [0.5, 0.6) is 5.75 Å². The van der Waals surface area contributed by atoms with Crippen LogP contribution >= 0.6 is 0 Å². The molecular formula is C26H29F2N3O4S. The van der Waals surface area contributed by atoms with Gasteiger partial charge in [-0.15, -0.1) is 0 Å². The molecule has 1 N–H and O–H groups in total. The normalized spacial score (nSPS) is 26.2. The molecule has 192 valence electrons. The number of amides is 2. The van der Waals surface area contributed by atoms with E-state index in [-0.39, 0.29) is 31.9 Å². The molecule has 2 amide bonds. The fourth-order valence-corrected chi connectivity index (χ4v) is 7.24. The van der Waals surface area contributed by atoms with Crippen LogP contribution in [0.2, 0.25) is 0 Å². The standard InChI is InChI=1S/C26H29F2N3O4S/c1-30-13-14-35-21-8-3-2-6-18(21)19-7-4-5-17(22(19)27)15-20-23(29-36(33,34)26(28)11-12-26)25(9-10-25)16-31(20)24(30)32/h2-8,20,23,29H,9-16H2,1H3. The van der Waals surface area contributed by atoms with Gasteiger partial charge in [-0.05, 0) is 30.9 Å². The Morgan fingerprint density at radius 2 is 1.78 bits per heavy atom. The highest BCUT2D eigenvalue weighted by Crippen LogP contribution is 2.57. The van der Waals surface area contributed by atoms with Crippen LogP contribution in [-0.4, -0.2) is 68.1 Å². The van der Waals surface area contributed by atoms with Gasteiger partial charge in [0.05, 0.1) is 12.6 Å². The number of likely N-dealkylation sites (N-methyl/N-ethyl adjacent to an activating group) is 1. The molecule has 7 nitrogen and oxygen atoms in total. The number of rotatable bonds is 3. The molecule has 2 unspecified atom stereocenters. The van der Waals surface area contributed by atoms with Gasteiger partial charge in [0.2, 0.25) is 15.0 Å². The summed E-state index contributed by atoms with van der Waals surface area (Å²) < 4.78 is 65.1. The van der Waals surface area contributed by atoms with Gasteiger partial charge in [0.25, 0.3) is 0 Å². The van der Waals surface area contributed by atoms with Crippen LogP contribution in [0.15, 0.2) is 42.5 Å². The van der Waals surface area contributed by atoms with E-state index in [2.05, 4.69) is 4.72 Å². The monoisotopic (exact) mass is 517 g/mol. The van der Waals surface area contributed by atoms with Crippen LogP contribution in [-0.2, 0) is 16.4 Å². The lowest BCUT2D eigenvalue weighted by atomic mass is 9.91. The zero-order chi connectivity index (χ0) is 25.3. The summed E-state index contributed by atoms with van der Waals surface area (Å²) in [7, 11) is -2.57. The minimum Gasteiger partial charge on any atom is -0.491 e. The number of urea groups is 1. The summed E-state index contributed by atoms with van der Waals surface area (Å²) >= 11 is 0. The van der Waals surface area contributed by atoms with Gasteiger partial charge >= 0.3 is 6.03 Å². The van der Waals surface area contributed by atoms with Crippen molar-refractivity contribution >= 4 is 16.1 Å². The van der Waals surface area contributed by atoms with Crippen LogP contribution in [0.25, 0.3) is 11.1 Å². The minimum absolute atomic E-state index is 0.0335. The van der Waals surface area contributed by atoms with E-state index in [1.54, 1.807) is 47.2 Å². The Bertz CT molecular complexity index is 1330. The van der Waals surface area contributed by atoms with Gasteiger partial charge in [0, 0.05) is 49.0 Å². The van der Waals surface area contributed by atoms with E-state index in [0.717, 1.165) is 12.8 Å². The molecule has 0 aromatic heterocycles. The van der Waals surface area contributed by atoms with Crippen molar-refractivity contribution in [3.8, 4) is 16.9 Å². The summed E-state index contributed by atoms with van der Waals surface area (Å²) in [5.41, 5.74) is 0.895. The van der Waals surface area contributed by atoms with Gasteiger partial charge in [0.1, 0.15) is 18.2 Å². The van der Waals surface area contributed by atoms with E-state index in [9.17, 15) is 17.6 Å². The Balaban J connectivity index is 1.44. The molecule has 6 rings (SSSR count).